The van der Waals surface area contributed by atoms with Crippen LogP contribution in [-0.2, 0) is 0 Å². The molecule has 6 rings (SSSR count). The van der Waals surface area contributed by atoms with Crippen LogP contribution in [0.15, 0.2) is 83.3 Å². The van der Waals surface area contributed by atoms with E-state index in [1.54, 1.807) is 4.35 Å². The molecule has 118 valence electrons. The van der Waals surface area contributed by atoms with Crippen molar-refractivity contribution >= 4 is 60.1 Å². The zero-order valence-electron chi connectivity index (χ0n) is 13.3. The summed E-state index contributed by atoms with van der Waals surface area (Å²) < 4.78 is 12.2. The molecule has 3 aromatic carbocycles. The van der Waals surface area contributed by atoms with Crippen LogP contribution in [0, 0.1) is 0 Å². The number of para-hydroxylation sites is 1. The molecule has 0 spiro atoms. The minimum atomic E-state index is -1.61. The van der Waals surface area contributed by atoms with Crippen molar-refractivity contribution in [2.24, 2.45) is 0 Å². The van der Waals surface area contributed by atoms with Gasteiger partial charge in [0.05, 0.1) is 0 Å². The van der Waals surface area contributed by atoms with Gasteiger partial charge in [-0.1, -0.05) is 0 Å². The molecule has 3 heterocycles. The van der Waals surface area contributed by atoms with E-state index in [9.17, 15) is 0 Å². The van der Waals surface area contributed by atoms with Gasteiger partial charge < -0.3 is 0 Å². The van der Waals surface area contributed by atoms with Crippen molar-refractivity contribution in [1.29, 1.82) is 0 Å². The van der Waals surface area contributed by atoms with E-state index in [-0.39, 0.29) is 0 Å². The zero-order valence-corrected chi connectivity index (χ0v) is 16.0. The molecule has 25 heavy (non-hydrogen) atoms. The Balaban J connectivity index is 1.78. The van der Waals surface area contributed by atoms with Crippen LogP contribution < -0.4 is 13.1 Å². The molecule has 1 aliphatic rings. The van der Waals surface area contributed by atoms with Gasteiger partial charge in [-0.05, 0) is 0 Å². The first-order valence-corrected chi connectivity index (χ1v) is 11.9. The fourth-order valence-corrected chi connectivity index (χ4v) is 11.7. The van der Waals surface area contributed by atoms with Crippen molar-refractivity contribution in [3.8, 4) is 10.6 Å². The van der Waals surface area contributed by atoms with Crippen molar-refractivity contribution in [2.75, 3.05) is 0 Å². The van der Waals surface area contributed by atoms with Crippen LogP contribution in [-0.4, -0.2) is 14.7 Å². The van der Waals surface area contributed by atoms with E-state index in [1.807, 2.05) is 11.3 Å². The number of fused-ring (bicyclic) bond motifs is 7. The van der Waals surface area contributed by atoms with E-state index < -0.39 is 14.7 Å². The Labute approximate surface area is 153 Å². The molecule has 0 saturated heterocycles. The Morgan fingerprint density at radius 3 is 2.28 bits per heavy atom. The van der Waals surface area contributed by atoms with Gasteiger partial charge in [0.15, 0.2) is 0 Å². The molecule has 1 unspecified atom stereocenters. The van der Waals surface area contributed by atoms with Crippen LogP contribution in [0.2, 0.25) is 0 Å². The molecule has 0 bridgehead atoms. The Morgan fingerprint density at radius 1 is 0.680 bits per heavy atom. The molecule has 1 atom stereocenters. The van der Waals surface area contributed by atoms with Gasteiger partial charge in [0.25, 0.3) is 0 Å². The summed E-state index contributed by atoms with van der Waals surface area (Å²) in [6.45, 7) is 0. The summed E-state index contributed by atoms with van der Waals surface area (Å²) in [6.07, 6.45) is 0. The van der Waals surface area contributed by atoms with Crippen molar-refractivity contribution in [3.05, 3.63) is 78.9 Å². The maximum atomic E-state index is 6.37. The predicted octanol–water partition coefficient (Wildman–Crippen LogP) is 4.14. The fraction of sp³-hybridized carbons (Fsp3) is 0. The van der Waals surface area contributed by atoms with Gasteiger partial charge in [0.1, 0.15) is 0 Å². The first kappa shape index (κ1) is 13.9. The Hall–Kier alpha value is -2.28. The topological polar surface area (TPSA) is 13.1 Å². The quantitative estimate of drug-likeness (QED) is 0.378. The van der Waals surface area contributed by atoms with Crippen LogP contribution in [0.3, 0.4) is 0 Å². The number of benzene rings is 3. The molecule has 5 aromatic rings. The van der Waals surface area contributed by atoms with Gasteiger partial charge in [-0.2, -0.15) is 0 Å². The van der Waals surface area contributed by atoms with Crippen molar-refractivity contribution < 1.29 is 4.42 Å². The summed E-state index contributed by atoms with van der Waals surface area (Å²) in [6, 6.07) is 28.3. The first-order valence-electron chi connectivity index (χ1n) is 8.30. The standard InChI is InChI=1S/C22H13AsOS/c1-2-8-14(9-3-1)23-19-15-10-4-6-12-17(15)24-21(19)22-20(23)16-11-5-7-13-18(16)25-22/h1-13H. The average Bonchev–Trinajstić information content (AvgIpc) is 3.30. The second kappa shape index (κ2) is 5.11. The second-order valence-corrected chi connectivity index (χ2v) is 11.6. The molecule has 0 N–H and O–H groups in total. The van der Waals surface area contributed by atoms with E-state index >= 15 is 0 Å². The summed E-state index contributed by atoms with van der Waals surface area (Å²) in [5.41, 5.74) is 1.02. The summed E-state index contributed by atoms with van der Waals surface area (Å²) >= 11 is 0.277. The maximum absolute atomic E-state index is 6.37. The normalized spacial score (nSPS) is 15.6. The third-order valence-corrected chi connectivity index (χ3v) is 11.8. The van der Waals surface area contributed by atoms with E-state index in [0.717, 1.165) is 11.3 Å². The molecule has 2 aromatic heterocycles. The molecule has 1 aliphatic heterocycles. The van der Waals surface area contributed by atoms with Gasteiger partial charge in [0.2, 0.25) is 0 Å². The number of rotatable bonds is 1. The summed E-state index contributed by atoms with van der Waals surface area (Å²) in [5, 5.41) is 2.72. The summed E-state index contributed by atoms with van der Waals surface area (Å²) in [4.78, 5) is 1.36. The number of furan rings is 1. The second-order valence-electron chi connectivity index (χ2n) is 6.22. The zero-order chi connectivity index (χ0) is 16.4. The van der Waals surface area contributed by atoms with Gasteiger partial charge in [0, 0.05) is 0 Å². The average molecular weight is 400 g/mol. The molecule has 3 heteroatoms. The van der Waals surface area contributed by atoms with Gasteiger partial charge >= 0.3 is 154 Å². The molecule has 0 radical (unpaired) electrons. The van der Waals surface area contributed by atoms with Crippen LogP contribution >= 0.6 is 11.3 Å². The van der Waals surface area contributed by atoms with Crippen LogP contribution in [0.1, 0.15) is 0 Å². The van der Waals surface area contributed by atoms with E-state index in [2.05, 4.69) is 78.9 Å². The monoisotopic (exact) mass is 400 g/mol. The van der Waals surface area contributed by atoms with Crippen LogP contribution in [0.5, 0.6) is 0 Å². The molecular weight excluding hydrogens is 387 g/mol. The van der Waals surface area contributed by atoms with Crippen molar-refractivity contribution in [2.45, 2.75) is 0 Å². The molecule has 1 nitrogen and oxygen atoms in total. The molecule has 0 amide bonds. The summed E-state index contributed by atoms with van der Waals surface area (Å²) in [5.74, 6) is 1.13. The molecular formula is C22H13AsOS. The Kier molecular flexibility index (Phi) is 2.85. The van der Waals surface area contributed by atoms with E-state index in [1.165, 1.54) is 29.1 Å². The van der Waals surface area contributed by atoms with Crippen LogP contribution in [0.4, 0.5) is 0 Å². The number of hydrogen-bond donors (Lipinski definition) is 0. The predicted molar refractivity (Wildman–Crippen MR) is 108 cm³/mol. The SMILES string of the molecule is c1ccc([As]2c3c(oc4ccccc34)-c3sc4ccccc4c32)cc1. The minimum absolute atomic E-state index is 1.02. The third kappa shape index (κ3) is 1.84. The Bertz CT molecular complexity index is 1170. The molecule has 0 saturated carbocycles. The number of thiophene rings is 1. The van der Waals surface area contributed by atoms with Gasteiger partial charge in [-0.25, -0.2) is 0 Å². The van der Waals surface area contributed by atoms with Crippen LogP contribution in [0.25, 0.3) is 31.7 Å². The molecule has 0 aliphatic carbocycles. The Morgan fingerprint density at radius 2 is 1.40 bits per heavy atom. The fourth-order valence-electron chi connectivity index (χ4n) is 3.76. The first-order chi connectivity index (χ1) is 12.4. The molecule has 0 fully saturated rings. The van der Waals surface area contributed by atoms with Crippen molar-refractivity contribution in [1.82, 2.24) is 0 Å². The van der Waals surface area contributed by atoms with Gasteiger partial charge in [-0.3, -0.25) is 0 Å². The van der Waals surface area contributed by atoms with E-state index in [0.29, 0.717) is 0 Å². The number of hydrogen-bond acceptors (Lipinski definition) is 2. The van der Waals surface area contributed by atoms with E-state index in [4.69, 9.17) is 4.42 Å². The van der Waals surface area contributed by atoms with Crippen molar-refractivity contribution in [3.63, 3.8) is 0 Å². The van der Waals surface area contributed by atoms with Gasteiger partial charge in [-0.15, -0.1) is 0 Å². The third-order valence-electron chi connectivity index (χ3n) is 4.81. The summed E-state index contributed by atoms with van der Waals surface area (Å²) in [7, 11) is 0.